The lowest BCUT2D eigenvalue weighted by atomic mass is 10.0. The molecular weight excluding hydrogens is 218 g/mol. The highest BCUT2D eigenvalue weighted by atomic mass is 32.2. The van der Waals surface area contributed by atoms with Gasteiger partial charge in [0.2, 0.25) is 0 Å². The number of ether oxygens (including phenoxy) is 1. The van der Waals surface area contributed by atoms with Gasteiger partial charge in [0.05, 0.1) is 10.5 Å². The Balaban J connectivity index is 1.95. The fraction of sp³-hybridized carbons (Fsp3) is 0.923. The Kier molecular flexibility index (Phi) is 4.31. The van der Waals surface area contributed by atoms with Crippen molar-refractivity contribution in [3.05, 3.63) is 0 Å². The monoisotopic (exact) mass is 243 g/mol. The fourth-order valence-electron chi connectivity index (χ4n) is 2.52. The average molecular weight is 243 g/mol. The van der Waals surface area contributed by atoms with E-state index in [2.05, 4.69) is 20.8 Å². The summed E-state index contributed by atoms with van der Waals surface area (Å²) in [7, 11) is -0.0581. The zero-order valence-corrected chi connectivity index (χ0v) is 11.7. The summed E-state index contributed by atoms with van der Waals surface area (Å²) in [6, 6.07) is 0. The quantitative estimate of drug-likeness (QED) is 0.755. The number of hydrogen-bond acceptors (Lipinski definition) is 2. The summed E-state index contributed by atoms with van der Waals surface area (Å²) in [5, 5.41) is 1.50. The van der Waals surface area contributed by atoms with Gasteiger partial charge in [-0.15, -0.1) is 0 Å². The van der Waals surface area contributed by atoms with E-state index in [1.807, 2.05) is 0 Å². The van der Waals surface area contributed by atoms with Gasteiger partial charge in [-0.1, -0.05) is 20.8 Å². The minimum atomic E-state index is -0.0581. The topological polar surface area (TPSA) is 21.6 Å². The molecule has 0 amide bonds. The van der Waals surface area contributed by atoms with E-state index in [0.717, 1.165) is 25.0 Å². The molecule has 3 atom stereocenters. The van der Waals surface area contributed by atoms with Crippen LogP contribution in [0.15, 0.2) is 4.99 Å². The second-order valence-corrected chi connectivity index (χ2v) is 8.02. The minimum absolute atomic E-state index is 0.0581. The summed E-state index contributed by atoms with van der Waals surface area (Å²) in [5.74, 6) is 2.87. The van der Waals surface area contributed by atoms with Crippen molar-refractivity contribution >= 4 is 15.9 Å². The van der Waals surface area contributed by atoms with Crippen molar-refractivity contribution in [2.45, 2.75) is 45.5 Å². The summed E-state index contributed by atoms with van der Waals surface area (Å²) < 4.78 is 5.99. The zero-order valence-electron chi connectivity index (χ0n) is 10.8. The van der Waals surface area contributed by atoms with E-state index in [0.29, 0.717) is 5.44 Å². The van der Waals surface area contributed by atoms with Crippen LogP contribution in [0.3, 0.4) is 0 Å². The van der Waals surface area contributed by atoms with E-state index in [1.165, 1.54) is 30.1 Å². The van der Waals surface area contributed by atoms with Crippen molar-refractivity contribution in [3.8, 4) is 0 Å². The van der Waals surface area contributed by atoms with Crippen molar-refractivity contribution in [3.63, 3.8) is 0 Å². The summed E-state index contributed by atoms with van der Waals surface area (Å²) in [6.45, 7) is 8.97. The van der Waals surface area contributed by atoms with Crippen LogP contribution in [-0.2, 0) is 4.74 Å². The Morgan fingerprint density at radius 1 is 1.50 bits per heavy atom. The Morgan fingerprint density at radius 3 is 3.00 bits per heavy atom. The summed E-state index contributed by atoms with van der Waals surface area (Å²) in [5.41, 5.74) is 0.527. The molecule has 0 N–H and O–H groups in total. The van der Waals surface area contributed by atoms with Crippen LogP contribution >= 0.6 is 10.9 Å². The molecule has 2 aliphatic rings. The van der Waals surface area contributed by atoms with Crippen LogP contribution < -0.4 is 0 Å². The fourth-order valence-corrected chi connectivity index (χ4v) is 5.49. The SMILES string of the molecule is CC(C)CC1=NCC[SH]1C1CC(C)CCO1. The lowest BCUT2D eigenvalue weighted by Crippen LogP contribution is -2.27. The van der Waals surface area contributed by atoms with E-state index < -0.39 is 0 Å². The van der Waals surface area contributed by atoms with Gasteiger partial charge in [0.15, 0.2) is 0 Å². The second kappa shape index (κ2) is 5.54. The third kappa shape index (κ3) is 3.01. The Bertz CT molecular complexity index is 265. The Hall–Kier alpha value is -0.0200. The minimum Gasteiger partial charge on any atom is -0.369 e. The van der Waals surface area contributed by atoms with Gasteiger partial charge in [-0.2, -0.15) is 10.9 Å². The second-order valence-electron chi connectivity index (χ2n) is 5.54. The molecule has 0 radical (unpaired) electrons. The van der Waals surface area contributed by atoms with Crippen molar-refractivity contribution in [2.75, 3.05) is 18.9 Å². The Labute approximate surface area is 102 Å². The summed E-state index contributed by atoms with van der Waals surface area (Å²) in [4.78, 5) is 4.72. The molecule has 2 rings (SSSR count). The largest absolute Gasteiger partial charge is 0.369 e. The molecule has 1 fully saturated rings. The van der Waals surface area contributed by atoms with Crippen LogP contribution in [0, 0.1) is 11.8 Å². The lowest BCUT2D eigenvalue weighted by molar-refractivity contribution is 0.0481. The highest BCUT2D eigenvalue weighted by Gasteiger charge is 2.30. The maximum absolute atomic E-state index is 5.99. The standard InChI is InChI=1S/C13H25NOS/c1-10(2)8-12-14-5-7-16(12)13-9-11(3)4-6-15-13/h10-11,13,16H,4-9H2,1-3H3. The van der Waals surface area contributed by atoms with Crippen LogP contribution in [-0.4, -0.2) is 29.4 Å². The zero-order chi connectivity index (χ0) is 11.5. The number of nitrogens with zero attached hydrogens (tertiary/aromatic N) is 1. The highest BCUT2D eigenvalue weighted by molar-refractivity contribution is 8.30. The first-order valence-electron chi connectivity index (χ1n) is 6.58. The van der Waals surface area contributed by atoms with Gasteiger partial charge in [-0.25, -0.2) is 0 Å². The average Bonchev–Trinajstić information content (AvgIpc) is 2.65. The molecule has 16 heavy (non-hydrogen) atoms. The lowest BCUT2D eigenvalue weighted by Gasteiger charge is -2.34. The molecule has 2 heterocycles. The smallest absolute Gasteiger partial charge is 0.0903 e. The van der Waals surface area contributed by atoms with Crippen LogP contribution in [0.4, 0.5) is 0 Å². The molecule has 2 aliphatic heterocycles. The highest BCUT2D eigenvalue weighted by Crippen LogP contribution is 2.44. The van der Waals surface area contributed by atoms with Gasteiger partial charge in [-0.05, 0) is 31.1 Å². The number of rotatable bonds is 3. The first kappa shape index (κ1) is 12.4. The molecule has 0 aliphatic carbocycles. The number of hydrogen-bond donors (Lipinski definition) is 1. The first-order valence-corrected chi connectivity index (χ1v) is 8.18. The van der Waals surface area contributed by atoms with Gasteiger partial charge in [0, 0.05) is 18.9 Å². The van der Waals surface area contributed by atoms with E-state index >= 15 is 0 Å². The third-order valence-electron chi connectivity index (χ3n) is 3.43. The van der Waals surface area contributed by atoms with Crippen LogP contribution in [0.1, 0.15) is 40.0 Å². The number of thiol groups is 1. The molecule has 0 aromatic heterocycles. The van der Waals surface area contributed by atoms with Crippen LogP contribution in [0.5, 0.6) is 0 Å². The van der Waals surface area contributed by atoms with Gasteiger partial charge in [0.25, 0.3) is 0 Å². The van der Waals surface area contributed by atoms with E-state index in [9.17, 15) is 0 Å². The molecule has 0 bridgehead atoms. The molecule has 3 unspecified atom stereocenters. The predicted molar refractivity (Wildman–Crippen MR) is 73.7 cm³/mol. The molecule has 0 saturated carbocycles. The van der Waals surface area contributed by atoms with Gasteiger partial charge < -0.3 is 4.74 Å². The summed E-state index contributed by atoms with van der Waals surface area (Å²) in [6.07, 6.45) is 3.71. The Morgan fingerprint density at radius 2 is 2.31 bits per heavy atom. The number of aliphatic imine (C=N–C) groups is 1. The molecular formula is C13H25NOS. The first-order chi connectivity index (χ1) is 7.66. The maximum Gasteiger partial charge on any atom is 0.0903 e. The normalized spacial score (nSPS) is 37.8. The summed E-state index contributed by atoms with van der Waals surface area (Å²) >= 11 is 0. The van der Waals surface area contributed by atoms with E-state index in [4.69, 9.17) is 9.73 Å². The van der Waals surface area contributed by atoms with Crippen LogP contribution in [0.2, 0.25) is 0 Å². The predicted octanol–water partition coefficient (Wildman–Crippen LogP) is 3.22. The van der Waals surface area contributed by atoms with Crippen molar-refractivity contribution < 1.29 is 4.74 Å². The van der Waals surface area contributed by atoms with Crippen molar-refractivity contribution in [1.29, 1.82) is 0 Å². The van der Waals surface area contributed by atoms with Crippen molar-refractivity contribution in [2.24, 2.45) is 16.8 Å². The molecule has 2 nitrogen and oxygen atoms in total. The molecule has 1 saturated heterocycles. The molecule has 94 valence electrons. The van der Waals surface area contributed by atoms with Gasteiger partial charge in [-0.3, -0.25) is 4.99 Å². The molecule has 3 heteroatoms. The van der Waals surface area contributed by atoms with Gasteiger partial charge >= 0.3 is 0 Å². The molecule has 0 aromatic carbocycles. The molecule has 0 spiro atoms. The maximum atomic E-state index is 5.99. The van der Waals surface area contributed by atoms with Crippen LogP contribution in [0.25, 0.3) is 0 Å². The van der Waals surface area contributed by atoms with E-state index in [-0.39, 0.29) is 10.9 Å². The third-order valence-corrected chi connectivity index (χ3v) is 6.15. The molecule has 0 aromatic rings. The van der Waals surface area contributed by atoms with Gasteiger partial charge in [0.1, 0.15) is 0 Å². The van der Waals surface area contributed by atoms with E-state index in [1.54, 1.807) is 0 Å². The van der Waals surface area contributed by atoms with Crippen molar-refractivity contribution in [1.82, 2.24) is 0 Å².